The topological polar surface area (TPSA) is 116 Å². The Morgan fingerprint density at radius 1 is 1.50 bits per heavy atom. The van der Waals surface area contributed by atoms with Gasteiger partial charge in [-0.3, -0.25) is 4.57 Å². The number of aromatic nitrogens is 4. The highest BCUT2D eigenvalue weighted by Crippen LogP contribution is 2.21. The van der Waals surface area contributed by atoms with E-state index < -0.39 is 26.9 Å². The van der Waals surface area contributed by atoms with Crippen LogP contribution in [0.25, 0.3) is 5.65 Å². The molecule has 8 nitrogen and oxygen atoms in total. The number of rotatable bonds is 6. The number of hydrogen-bond donors (Lipinski definition) is 2. The van der Waals surface area contributed by atoms with Crippen LogP contribution in [0.15, 0.2) is 12.5 Å². The summed E-state index contributed by atoms with van der Waals surface area (Å²) in [5.41, 5.74) is 6.24. The lowest BCUT2D eigenvalue weighted by molar-refractivity contribution is -0.0399. The summed E-state index contributed by atoms with van der Waals surface area (Å²) in [6.45, 7) is 0. The molecule has 0 bridgehead atoms. The first kappa shape index (κ1) is 14.8. The zero-order valence-corrected chi connectivity index (χ0v) is 11.1. The van der Waals surface area contributed by atoms with Crippen LogP contribution in [0.4, 0.5) is 14.7 Å². The summed E-state index contributed by atoms with van der Waals surface area (Å²) in [4.78, 5) is 16.3. The second-order valence-corrected chi connectivity index (χ2v) is 5.00. The molecule has 2 aromatic heterocycles. The van der Waals surface area contributed by atoms with Crippen LogP contribution in [0.5, 0.6) is 0 Å². The van der Waals surface area contributed by atoms with E-state index in [0.717, 1.165) is 0 Å². The maximum Gasteiger partial charge on any atom is 0.264 e. The second kappa shape index (κ2) is 6.21. The van der Waals surface area contributed by atoms with E-state index in [-0.39, 0.29) is 12.4 Å². The number of halogens is 2. The van der Waals surface area contributed by atoms with Crippen molar-refractivity contribution in [3.63, 3.8) is 0 Å². The van der Waals surface area contributed by atoms with Gasteiger partial charge in [0, 0.05) is 12.0 Å². The molecule has 0 saturated carbocycles. The van der Waals surface area contributed by atoms with Crippen LogP contribution in [0.3, 0.4) is 0 Å². The zero-order valence-electron chi connectivity index (χ0n) is 10.1. The maximum atomic E-state index is 12.8. The molecule has 0 aliphatic heterocycles. The molecule has 0 aliphatic carbocycles. The fraction of sp³-hybridized carbons (Fsp3) is 0.444. The summed E-state index contributed by atoms with van der Waals surface area (Å²) in [6, 6.07) is 0. The van der Waals surface area contributed by atoms with E-state index in [1.807, 2.05) is 0 Å². The van der Waals surface area contributed by atoms with Crippen molar-refractivity contribution in [2.45, 2.75) is 19.0 Å². The van der Waals surface area contributed by atoms with Gasteiger partial charge in [-0.05, 0) is 0 Å². The molecule has 0 fully saturated rings. The normalized spacial score (nSPS) is 14.8. The van der Waals surface area contributed by atoms with E-state index in [9.17, 15) is 13.3 Å². The third-order valence-corrected chi connectivity index (χ3v) is 2.94. The molecule has 11 heteroatoms. The largest absolute Gasteiger partial charge is 0.368 e. The first-order valence-electron chi connectivity index (χ1n) is 5.53. The highest BCUT2D eigenvalue weighted by Gasteiger charge is 2.24. The van der Waals surface area contributed by atoms with E-state index in [1.54, 1.807) is 0 Å². The summed E-state index contributed by atoms with van der Waals surface area (Å²) >= 11 is 0. The molecule has 2 heterocycles. The molecule has 2 aromatic rings. The minimum Gasteiger partial charge on any atom is -0.368 e. The lowest BCUT2D eigenvalue weighted by Gasteiger charge is -2.15. The van der Waals surface area contributed by atoms with Crippen LogP contribution < -0.4 is 5.73 Å². The van der Waals surface area contributed by atoms with Gasteiger partial charge in [0.15, 0.2) is 5.65 Å². The highest BCUT2D eigenvalue weighted by molar-refractivity contribution is 7.37. The van der Waals surface area contributed by atoms with Crippen molar-refractivity contribution >= 4 is 19.6 Å². The van der Waals surface area contributed by atoms with Gasteiger partial charge < -0.3 is 15.4 Å². The van der Waals surface area contributed by atoms with Crippen molar-refractivity contribution in [3.05, 3.63) is 18.1 Å². The van der Waals surface area contributed by atoms with Gasteiger partial charge in [0.1, 0.15) is 18.8 Å². The molecular formula is C9H12F2N5O3P. The number of anilines is 1. The van der Waals surface area contributed by atoms with Crippen LogP contribution in [0.2, 0.25) is 0 Å². The molecule has 0 aliphatic rings. The smallest absolute Gasteiger partial charge is 0.264 e. The number of nitrogen functional groups attached to an aromatic ring is 1. The van der Waals surface area contributed by atoms with Crippen LogP contribution in [0, 0.1) is 0 Å². The Kier molecular flexibility index (Phi) is 4.58. The molecule has 0 saturated heterocycles. The number of fused-ring (bicyclic) bond motifs is 1. The van der Waals surface area contributed by atoms with Crippen molar-refractivity contribution in [2.75, 3.05) is 12.1 Å². The highest BCUT2D eigenvalue weighted by atomic mass is 31.1. The lowest BCUT2D eigenvalue weighted by atomic mass is 10.1. The average Bonchev–Trinajstić information content (AvgIpc) is 2.78. The maximum absolute atomic E-state index is 12.8. The summed E-state index contributed by atoms with van der Waals surface area (Å²) in [5.74, 6) is 0.0798. The Bertz CT molecular complexity index is 623. The number of alkyl halides is 2. The number of nitrogens with two attached hydrogens (primary N) is 1. The lowest BCUT2D eigenvalue weighted by Crippen LogP contribution is -2.24. The predicted octanol–water partition coefficient (Wildman–Crippen LogP) is 0.324. The van der Waals surface area contributed by atoms with Gasteiger partial charge in [0.25, 0.3) is 6.43 Å². The summed E-state index contributed by atoms with van der Waals surface area (Å²) in [6.07, 6.45) is -2.60. The Hall–Kier alpha value is -1.64. The molecule has 0 aromatic carbocycles. The van der Waals surface area contributed by atoms with Crippen LogP contribution in [-0.4, -0.2) is 43.4 Å². The van der Waals surface area contributed by atoms with Crippen molar-refractivity contribution in [3.8, 4) is 0 Å². The SMILES string of the molecule is Nc1ncnc2c(C[C@H](OC[PH](=O)O)C(F)F)cnn12. The van der Waals surface area contributed by atoms with Gasteiger partial charge in [-0.1, -0.05) is 0 Å². The number of ether oxygens (including phenoxy) is 1. The fourth-order valence-electron chi connectivity index (χ4n) is 1.64. The molecule has 0 amide bonds. The van der Waals surface area contributed by atoms with Gasteiger partial charge >= 0.3 is 0 Å². The molecule has 2 atom stereocenters. The van der Waals surface area contributed by atoms with Crippen LogP contribution >= 0.6 is 8.03 Å². The van der Waals surface area contributed by atoms with E-state index in [1.165, 1.54) is 17.0 Å². The molecule has 2 rings (SSSR count). The van der Waals surface area contributed by atoms with Gasteiger partial charge in [0.2, 0.25) is 14.0 Å². The van der Waals surface area contributed by atoms with Gasteiger partial charge in [-0.2, -0.15) is 9.61 Å². The van der Waals surface area contributed by atoms with Gasteiger partial charge in [-0.25, -0.2) is 18.7 Å². The third kappa shape index (κ3) is 3.27. The first-order chi connectivity index (χ1) is 9.49. The Morgan fingerprint density at radius 3 is 2.90 bits per heavy atom. The molecule has 3 N–H and O–H groups in total. The van der Waals surface area contributed by atoms with Crippen molar-refractivity contribution < 1.29 is 23.0 Å². The third-order valence-electron chi connectivity index (χ3n) is 2.53. The van der Waals surface area contributed by atoms with Gasteiger partial charge in [-0.15, -0.1) is 0 Å². The number of hydrogen-bond acceptors (Lipinski definition) is 6. The van der Waals surface area contributed by atoms with Crippen LogP contribution in [-0.2, 0) is 15.7 Å². The molecule has 20 heavy (non-hydrogen) atoms. The Balaban J connectivity index is 2.20. The predicted molar refractivity (Wildman–Crippen MR) is 65.9 cm³/mol. The van der Waals surface area contributed by atoms with Crippen molar-refractivity contribution in [1.29, 1.82) is 0 Å². The second-order valence-electron chi connectivity index (χ2n) is 3.92. The molecule has 0 radical (unpaired) electrons. The van der Waals surface area contributed by atoms with Crippen molar-refractivity contribution in [2.24, 2.45) is 0 Å². The quantitative estimate of drug-likeness (QED) is 0.738. The van der Waals surface area contributed by atoms with E-state index in [4.69, 9.17) is 15.4 Å². The standard InChI is InChI=1S/C9H12F2N5O3P/c10-7(11)6(19-4-20(17)18)1-5-2-15-16-8(5)13-3-14-9(16)12/h2-3,6-7,20H,1,4H2,(H,17,18)(H2,12,13,14)/t6-/m0/s1. The minimum absolute atomic E-state index is 0.0798. The van der Waals surface area contributed by atoms with E-state index >= 15 is 0 Å². The molecular weight excluding hydrogens is 295 g/mol. The van der Waals surface area contributed by atoms with Gasteiger partial charge in [0.05, 0.1) is 6.20 Å². The zero-order chi connectivity index (χ0) is 14.7. The Morgan fingerprint density at radius 2 is 2.25 bits per heavy atom. The summed E-state index contributed by atoms with van der Waals surface area (Å²) < 4.78 is 42.2. The number of nitrogens with zero attached hydrogens (tertiary/aromatic N) is 4. The van der Waals surface area contributed by atoms with Crippen LogP contribution in [0.1, 0.15) is 5.56 Å². The first-order valence-corrected chi connectivity index (χ1v) is 7.10. The fourth-order valence-corrected chi connectivity index (χ4v) is 1.99. The van der Waals surface area contributed by atoms with Crippen molar-refractivity contribution in [1.82, 2.24) is 19.6 Å². The Labute approximate surface area is 112 Å². The summed E-state index contributed by atoms with van der Waals surface area (Å²) in [7, 11) is -2.96. The van der Waals surface area contributed by atoms with E-state index in [0.29, 0.717) is 11.2 Å². The molecule has 0 spiro atoms. The van der Waals surface area contributed by atoms with E-state index in [2.05, 4.69) is 15.1 Å². The molecule has 110 valence electrons. The average molecular weight is 307 g/mol. The molecule has 1 unspecified atom stereocenters. The minimum atomic E-state index is -2.96. The monoisotopic (exact) mass is 307 g/mol. The summed E-state index contributed by atoms with van der Waals surface area (Å²) in [5, 5.41) is 3.89.